The van der Waals surface area contributed by atoms with E-state index in [1.807, 2.05) is 36.1 Å². The van der Waals surface area contributed by atoms with Crippen LogP contribution >= 0.6 is 11.6 Å². The van der Waals surface area contributed by atoms with Crippen molar-refractivity contribution in [3.8, 4) is 0 Å². The number of carbonyl (C=O) groups excluding carboxylic acids is 2. The lowest BCUT2D eigenvalue weighted by Gasteiger charge is -2.40. The number of ether oxygens (including phenoxy) is 1. The van der Waals surface area contributed by atoms with Crippen LogP contribution in [0.3, 0.4) is 0 Å². The first-order valence-electron chi connectivity index (χ1n) is 10.3. The summed E-state index contributed by atoms with van der Waals surface area (Å²) in [6.07, 6.45) is 1.42. The third-order valence-electron chi connectivity index (χ3n) is 5.86. The van der Waals surface area contributed by atoms with E-state index in [1.165, 1.54) is 6.26 Å². The van der Waals surface area contributed by atoms with Crippen LogP contribution in [0.5, 0.6) is 0 Å². The molecule has 0 radical (unpaired) electrons. The van der Waals surface area contributed by atoms with Crippen LogP contribution in [0.1, 0.15) is 29.1 Å². The van der Waals surface area contributed by atoms with Gasteiger partial charge in [-0.1, -0.05) is 23.7 Å². The number of piperazine rings is 1. The maximum atomic E-state index is 13.1. The van der Waals surface area contributed by atoms with Gasteiger partial charge in [-0.2, -0.15) is 0 Å². The smallest absolute Gasteiger partial charge is 0.289 e. The number of hydrogen-bond donors (Lipinski definition) is 0. The molecule has 2 fully saturated rings. The summed E-state index contributed by atoms with van der Waals surface area (Å²) in [5.74, 6) is 0.306. The van der Waals surface area contributed by atoms with Gasteiger partial charge < -0.3 is 19.0 Å². The van der Waals surface area contributed by atoms with E-state index in [4.69, 9.17) is 20.8 Å². The Morgan fingerprint density at radius 3 is 2.40 bits per heavy atom. The molecule has 3 heterocycles. The summed E-state index contributed by atoms with van der Waals surface area (Å²) in [5, 5.41) is 0.694. The molecular weight excluding hydrogens is 406 g/mol. The minimum absolute atomic E-state index is 0.0750. The summed E-state index contributed by atoms with van der Waals surface area (Å²) in [6, 6.07) is 10.8. The van der Waals surface area contributed by atoms with Gasteiger partial charge in [0.25, 0.3) is 5.91 Å². The van der Waals surface area contributed by atoms with Gasteiger partial charge >= 0.3 is 0 Å². The van der Waals surface area contributed by atoms with Crippen LogP contribution in [-0.4, -0.2) is 78.4 Å². The van der Waals surface area contributed by atoms with E-state index in [0.717, 1.165) is 5.56 Å². The highest BCUT2D eigenvalue weighted by atomic mass is 35.5. The zero-order chi connectivity index (χ0) is 21.1. The molecule has 0 N–H and O–H groups in total. The Hall–Kier alpha value is -2.35. The van der Waals surface area contributed by atoms with Gasteiger partial charge in [-0.15, -0.1) is 0 Å². The van der Waals surface area contributed by atoms with Gasteiger partial charge in [0.2, 0.25) is 5.91 Å². The number of halogens is 1. The van der Waals surface area contributed by atoms with Crippen molar-refractivity contribution >= 4 is 23.4 Å². The van der Waals surface area contributed by atoms with E-state index in [1.54, 1.807) is 17.0 Å². The molecule has 2 amide bonds. The van der Waals surface area contributed by atoms with Gasteiger partial charge in [-0.05, 0) is 36.8 Å². The first-order chi connectivity index (χ1) is 14.5. The van der Waals surface area contributed by atoms with E-state index in [2.05, 4.69) is 4.90 Å². The summed E-state index contributed by atoms with van der Waals surface area (Å²) >= 11 is 5.98. The van der Waals surface area contributed by atoms with Crippen LogP contribution in [0.2, 0.25) is 5.02 Å². The van der Waals surface area contributed by atoms with Crippen molar-refractivity contribution in [2.45, 2.75) is 19.1 Å². The fraction of sp³-hybridized carbons (Fsp3) is 0.455. The molecule has 2 aromatic rings. The molecule has 0 spiro atoms. The Bertz CT molecular complexity index is 863. The standard InChI is InChI=1S/C22H26ClN3O4/c1-16(26-12-14-30-20(15-26)17-4-6-18(23)7-5-17)21(27)24-8-10-25(11-9-24)22(28)19-3-2-13-29-19/h2-7,13,16,20H,8-12,14-15H2,1H3/t16-,20+/m0/s1. The number of benzene rings is 1. The topological polar surface area (TPSA) is 66.2 Å². The van der Waals surface area contributed by atoms with E-state index < -0.39 is 0 Å². The average Bonchev–Trinajstić information content (AvgIpc) is 3.33. The largest absolute Gasteiger partial charge is 0.459 e. The Balaban J connectivity index is 1.32. The molecule has 4 rings (SSSR count). The predicted octanol–water partition coefficient (Wildman–Crippen LogP) is 2.68. The maximum Gasteiger partial charge on any atom is 0.289 e. The molecule has 0 aliphatic carbocycles. The Morgan fingerprint density at radius 1 is 1.03 bits per heavy atom. The van der Waals surface area contributed by atoms with Gasteiger partial charge in [-0.25, -0.2) is 0 Å². The van der Waals surface area contributed by atoms with Gasteiger partial charge in [0, 0.05) is 44.3 Å². The van der Waals surface area contributed by atoms with Crippen molar-refractivity contribution in [1.29, 1.82) is 0 Å². The van der Waals surface area contributed by atoms with Crippen molar-refractivity contribution in [3.05, 3.63) is 59.0 Å². The lowest BCUT2D eigenvalue weighted by atomic mass is 10.1. The number of amides is 2. The van der Waals surface area contributed by atoms with Crippen LogP contribution in [-0.2, 0) is 9.53 Å². The summed E-state index contributed by atoms with van der Waals surface area (Å²) in [5.41, 5.74) is 1.06. The average molecular weight is 432 g/mol. The van der Waals surface area contributed by atoms with Crippen molar-refractivity contribution in [1.82, 2.24) is 14.7 Å². The molecule has 2 aliphatic rings. The minimum atomic E-state index is -0.240. The molecule has 2 saturated heterocycles. The zero-order valence-corrected chi connectivity index (χ0v) is 17.8. The molecule has 0 unspecified atom stereocenters. The van der Waals surface area contributed by atoms with E-state index in [9.17, 15) is 9.59 Å². The summed E-state index contributed by atoms with van der Waals surface area (Å²) in [6.45, 7) is 5.98. The van der Waals surface area contributed by atoms with E-state index in [0.29, 0.717) is 56.7 Å². The summed E-state index contributed by atoms with van der Waals surface area (Å²) < 4.78 is 11.1. The van der Waals surface area contributed by atoms with Crippen molar-refractivity contribution in [2.24, 2.45) is 0 Å². The lowest BCUT2D eigenvalue weighted by molar-refractivity contribution is -0.141. The second kappa shape index (κ2) is 9.20. The van der Waals surface area contributed by atoms with Gasteiger partial charge in [0.05, 0.1) is 25.0 Å². The highest BCUT2D eigenvalue weighted by Crippen LogP contribution is 2.25. The number of morpholine rings is 1. The molecule has 7 nitrogen and oxygen atoms in total. The second-order valence-corrected chi connectivity index (χ2v) is 8.11. The van der Waals surface area contributed by atoms with Gasteiger partial charge in [0.15, 0.2) is 5.76 Å². The highest BCUT2D eigenvalue weighted by Gasteiger charge is 2.33. The number of furan rings is 1. The SMILES string of the molecule is C[C@@H](C(=O)N1CCN(C(=O)c2ccco2)CC1)N1CCO[C@@H](c2ccc(Cl)cc2)C1. The number of rotatable bonds is 4. The second-order valence-electron chi connectivity index (χ2n) is 7.68. The molecule has 2 aliphatic heterocycles. The van der Waals surface area contributed by atoms with Crippen LogP contribution in [0, 0.1) is 0 Å². The van der Waals surface area contributed by atoms with Crippen molar-refractivity contribution in [2.75, 3.05) is 45.9 Å². The van der Waals surface area contributed by atoms with Crippen molar-refractivity contribution < 1.29 is 18.7 Å². The van der Waals surface area contributed by atoms with Crippen LogP contribution in [0.4, 0.5) is 0 Å². The summed E-state index contributed by atoms with van der Waals surface area (Å²) in [7, 11) is 0. The van der Waals surface area contributed by atoms with Crippen LogP contribution < -0.4 is 0 Å². The minimum Gasteiger partial charge on any atom is -0.459 e. The normalized spacial score (nSPS) is 21.5. The third-order valence-corrected chi connectivity index (χ3v) is 6.11. The predicted molar refractivity (Wildman–Crippen MR) is 112 cm³/mol. The van der Waals surface area contributed by atoms with E-state index >= 15 is 0 Å². The maximum absolute atomic E-state index is 13.1. The molecule has 2 atom stereocenters. The van der Waals surface area contributed by atoms with Gasteiger partial charge in [-0.3, -0.25) is 14.5 Å². The molecular formula is C22H26ClN3O4. The molecule has 30 heavy (non-hydrogen) atoms. The number of hydrogen-bond acceptors (Lipinski definition) is 5. The lowest BCUT2D eigenvalue weighted by Crippen LogP contribution is -2.56. The third kappa shape index (κ3) is 4.53. The molecule has 0 saturated carbocycles. The first-order valence-corrected chi connectivity index (χ1v) is 10.6. The Labute approximate surface area is 181 Å². The first kappa shape index (κ1) is 20.9. The Kier molecular flexibility index (Phi) is 6.41. The monoisotopic (exact) mass is 431 g/mol. The quantitative estimate of drug-likeness (QED) is 0.744. The molecule has 8 heteroatoms. The molecule has 1 aromatic heterocycles. The zero-order valence-electron chi connectivity index (χ0n) is 17.0. The van der Waals surface area contributed by atoms with Crippen LogP contribution in [0.25, 0.3) is 0 Å². The molecule has 0 bridgehead atoms. The Morgan fingerprint density at radius 2 is 1.73 bits per heavy atom. The summed E-state index contributed by atoms with van der Waals surface area (Å²) in [4.78, 5) is 31.3. The number of nitrogens with zero attached hydrogens (tertiary/aromatic N) is 3. The van der Waals surface area contributed by atoms with Crippen LogP contribution in [0.15, 0.2) is 47.1 Å². The van der Waals surface area contributed by atoms with Gasteiger partial charge in [0.1, 0.15) is 0 Å². The molecule has 160 valence electrons. The molecule has 1 aromatic carbocycles. The van der Waals surface area contributed by atoms with E-state index in [-0.39, 0.29) is 24.0 Å². The highest BCUT2D eigenvalue weighted by molar-refractivity contribution is 6.30. The fourth-order valence-corrected chi connectivity index (χ4v) is 4.13. The fourth-order valence-electron chi connectivity index (χ4n) is 4.01. The van der Waals surface area contributed by atoms with Crippen molar-refractivity contribution in [3.63, 3.8) is 0 Å². The number of carbonyl (C=O) groups is 2.